The van der Waals surface area contributed by atoms with Gasteiger partial charge in [0, 0.05) is 12.3 Å². The monoisotopic (exact) mass is 134 g/mol. The summed E-state index contributed by atoms with van der Waals surface area (Å²) in [5.41, 5.74) is 0. The first-order chi connectivity index (χ1) is 4.95. The van der Waals surface area contributed by atoms with Gasteiger partial charge >= 0.3 is 0 Å². The summed E-state index contributed by atoms with van der Waals surface area (Å²) in [6, 6.07) is 6.43. The van der Waals surface area contributed by atoms with Crippen molar-refractivity contribution in [1.82, 2.24) is 4.98 Å². The van der Waals surface area contributed by atoms with Crippen LogP contribution in [0.5, 0.6) is 5.88 Å². The average molecular weight is 134 g/mol. The van der Waals surface area contributed by atoms with Gasteiger partial charge in [-0.05, 0) is 25.0 Å². The van der Waals surface area contributed by atoms with Crippen LogP contribution < -0.4 is 4.74 Å². The van der Waals surface area contributed by atoms with Crippen molar-refractivity contribution in [3.63, 3.8) is 0 Å². The number of rotatable bonds is 2. The molecule has 10 heavy (non-hydrogen) atoms. The van der Waals surface area contributed by atoms with E-state index in [1.807, 2.05) is 0 Å². The first kappa shape index (κ1) is 5.71. The van der Waals surface area contributed by atoms with Gasteiger partial charge in [0.2, 0.25) is 5.88 Å². The Kier molecular flexibility index (Phi) is 1.31. The van der Waals surface area contributed by atoms with Gasteiger partial charge in [-0.1, -0.05) is 0 Å². The summed E-state index contributed by atoms with van der Waals surface area (Å²) >= 11 is 0. The van der Waals surface area contributed by atoms with E-state index in [1.54, 1.807) is 18.3 Å². The first-order valence-corrected chi connectivity index (χ1v) is 3.44. The Bertz CT molecular complexity index is 206. The number of nitrogens with zero attached hydrogens (tertiary/aromatic N) is 1. The smallest absolute Gasteiger partial charge is 0.214 e. The standard InChI is InChI=1S/C8H8NO/c1-2-6-9-8(3-1)10-7-4-5-7/h2-3,6-7H,4-5H2. The number of aromatic nitrogens is 1. The predicted molar refractivity (Wildman–Crippen MR) is 36.7 cm³/mol. The molecule has 2 nitrogen and oxygen atoms in total. The van der Waals surface area contributed by atoms with E-state index >= 15 is 0 Å². The Morgan fingerprint density at radius 1 is 1.60 bits per heavy atom. The number of hydrogen-bond donors (Lipinski definition) is 0. The third-order valence-corrected chi connectivity index (χ3v) is 1.39. The van der Waals surface area contributed by atoms with Gasteiger partial charge < -0.3 is 4.74 Å². The highest BCUT2D eigenvalue weighted by molar-refractivity contribution is 5.09. The summed E-state index contributed by atoms with van der Waals surface area (Å²) in [4.78, 5) is 4.01. The van der Waals surface area contributed by atoms with Crippen molar-refractivity contribution in [2.24, 2.45) is 0 Å². The fourth-order valence-electron chi connectivity index (χ4n) is 0.732. The number of hydrogen-bond acceptors (Lipinski definition) is 2. The SMILES string of the molecule is [c]1ccnc(OC2CC2)c1. The molecule has 0 spiro atoms. The van der Waals surface area contributed by atoms with Crippen molar-refractivity contribution < 1.29 is 4.74 Å². The van der Waals surface area contributed by atoms with Crippen LogP contribution >= 0.6 is 0 Å². The Morgan fingerprint density at radius 2 is 2.50 bits per heavy atom. The second-order valence-corrected chi connectivity index (χ2v) is 2.41. The lowest BCUT2D eigenvalue weighted by Crippen LogP contribution is -1.96. The van der Waals surface area contributed by atoms with E-state index in [0.717, 1.165) is 0 Å². The van der Waals surface area contributed by atoms with Crippen LogP contribution in [0, 0.1) is 6.07 Å². The molecule has 0 aromatic carbocycles. The van der Waals surface area contributed by atoms with E-state index in [0.29, 0.717) is 12.0 Å². The molecule has 2 heteroatoms. The number of pyridine rings is 1. The van der Waals surface area contributed by atoms with Crippen molar-refractivity contribution in [3.8, 4) is 5.88 Å². The maximum atomic E-state index is 5.38. The molecule has 1 aliphatic carbocycles. The summed E-state index contributed by atoms with van der Waals surface area (Å²) < 4.78 is 5.38. The van der Waals surface area contributed by atoms with E-state index < -0.39 is 0 Å². The Balaban J connectivity index is 2.03. The van der Waals surface area contributed by atoms with Crippen LogP contribution in [0.15, 0.2) is 18.3 Å². The van der Waals surface area contributed by atoms with Gasteiger partial charge in [0.1, 0.15) is 6.10 Å². The summed E-state index contributed by atoms with van der Waals surface area (Å²) in [7, 11) is 0. The van der Waals surface area contributed by atoms with Crippen LogP contribution in [0.4, 0.5) is 0 Å². The van der Waals surface area contributed by atoms with E-state index in [9.17, 15) is 0 Å². The molecule has 0 saturated heterocycles. The summed E-state index contributed by atoms with van der Waals surface area (Å²) in [5, 5.41) is 0. The van der Waals surface area contributed by atoms with Gasteiger partial charge in [-0.2, -0.15) is 0 Å². The van der Waals surface area contributed by atoms with Gasteiger partial charge in [0.25, 0.3) is 0 Å². The van der Waals surface area contributed by atoms with Gasteiger partial charge in [-0.3, -0.25) is 0 Å². The highest BCUT2D eigenvalue weighted by Crippen LogP contribution is 2.24. The molecule has 0 unspecified atom stereocenters. The Hall–Kier alpha value is -1.05. The Morgan fingerprint density at radius 3 is 3.10 bits per heavy atom. The molecule has 1 radical (unpaired) electrons. The molecule has 1 aliphatic rings. The largest absolute Gasteiger partial charge is 0.474 e. The normalized spacial score (nSPS) is 16.8. The van der Waals surface area contributed by atoms with Crippen molar-refractivity contribution in [2.45, 2.75) is 18.9 Å². The molecule has 0 N–H and O–H groups in total. The molecule has 1 saturated carbocycles. The third-order valence-electron chi connectivity index (χ3n) is 1.39. The molecular weight excluding hydrogens is 126 g/mol. The molecule has 1 aromatic rings. The molecule has 0 amide bonds. The average Bonchev–Trinajstić information content (AvgIpc) is 2.74. The van der Waals surface area contributed by atoms with Crippen molar-refractivity contribution in [1.29, 1.82) is 0 Å². The van der Waals surface area contributed by atoms with E-state index in [2.05, 4.69) is 11.1 Å². The van der Waals surface area contributed by atoms with Gasteiger partial charge in [-0.15, -0.1) is 0 Å². The molecule has 2 rings (SSSR count). The molecule has 0 atom stereocenters. The Labute approximate surface area is 59.9 Å². The number of ether oxygens (including phenoxy) is 1. The lowest BCUT2D eigenvalue weighted by atomic mass is 10.5. The van der Waals surface area contributed by atoms with Crippen molar-refractivity contribution in [2.75, 3.05) is 0 Å². The second kappa shape index (κ2) is 2.29. The molecule has 0 bridgehead atoms. The van der Waals surface area contributed by atoms with Gasteiger partial charge in [0.15, 0.2) is 0 Å². The maximum Gasteiger partial charge on any atom is 0.214 e. The summed E-state index contributed by atoms with van der Waals surface area (Å²) in [6.07, 6.45) is 4.48. The minimum Gasteiger partial charge on any atom is -0.474 e. The molecule has 51 valence electrons. The minimum absolute atomic E-state index is 0.434. The zero-order chi connectivity index (χ0) is 6.81. The highest BCUT2D eigenvalue weighted by Gasteiger charge is 2.23. The quantitative estimate of drug-likeness (QED) is 0.610. The fraction of sp³-hybridized carbons (Fsp3) is 0.375. The van der Waals surface area contributed by atoms with Crippen LogP contribution in [-0.2, 0) is 0 Å². The predicted octanol–water partition coefficient (Wildman–Crippen LogP) is 1.42. The van der Waals surface area contributed by atoms with Gasteiger partial charge in [-0.25, -0.2) is 4.98 Å². The van der Waals surface area contributed by atoms with E-state index in [-0.39, 0.29) is 0 Å². The third kappa shape index (κ3) is 1.26. The molecule has 0 aliphatic heterocycles. The summed E-state index contributed by atoms with van der Waals surface area (Å²) in [5.74, 6) is 0.699. The maximum absolute atomic E-state index is 5.38. The molecule has 1 heterocycles. The second-order valence-electron chi connectivity index (χ2n) is 2.41. The van der Waals surface area contributed by atoms with Crippen LogP contribution in [0.3, 0.4) is 0 Å². The topological polar surface area (TPSA) is 22.1 Å². The molecule has 1 aromatic heterocycles. The highest BCUT2D eigenvalue weighted by atomic mass is 16.5. The van der Waals surface area contributed by atoms with Crippen LogP contribution in [0.25, 0.3) is 0 Å². The van der Waals surface area contributed by atoms with Crippen molar-refractivity contribution in [3.05, 3.63) is 24.4 Å². The summed E-state index contributed by atoms with van der Waals surface area (Å²) in [6.45, 7) is 0. The van der Waals surface area contributed by atoms with E-state index in [1.165, 1.54) is 12.8 Å². The van der Waals surface area contributed by atoms with E-state index in [4.69, 9.17) is 4.74 Å². The van der Waals surface area contributed by atoms with Crippen LogP contribution in [0.1, 0.15) is 12.8 Å². The van der Waals surface area contributed by atoms with Crippen molar-refractivity contribution >= 4 is 0 Å². The minimum atomic E-state index is 0.434. The fourth-order valence-corrected chi connectivity index (χ4v) is 0.732. The first-order valence-electron chi connectivity index (χ1n) is 3.44. The van der Waals surface area contributed by atoms with Crippen LogP contribution in [-0.4, -0.2) is 11.1 Å². The molecule has 1 fully saturated rings. The zero-order valence-corrected chi connectivity index (χ0v) is 5.58. The zero-order valence-electron chi connectivity index (χ0n) is 5.58. The van der Waals surface area contributed by atoms with Crippen LogP contribution in [0.2, 0.25) is 0 Å². The lowest BCUT2D eigenvalue weighted by Gasteiger charge is -1.99. The van der Waals surface area contributed by atoms with Gasteiger partial charge in [0.05, 0.1) is 0 Å². The lowest BCUT2D eigenvalue weighted by molar-refractivity contribution is 0.291. The molecular formula is C8H8NO.